The maximum atomic E-state index is 11.3. The van der Waals surface area contributed by atoms with E-state index in [9.17, 15) is 9.90 Å². The fraction of sp³-hybridized carbons (Fsp3) is 0.188. The highest BCUT2D eigenvalue weighted by Crippen LogP contribution is 2.25. The molecule has 104 valence electrons. The van der Waals surface area contributed by atoms with Gasteiger partial charge in [-0.1, -0.05) is 48.9 Å². The van der Waals surface area contributed by atoms with Crippen LogP contribution in [0.3, 0.4) is 0 Å². The summed E-state index contributed by atoms with van der Waals surface area (Å²) in [5.41, 5.74) is 3.06. The number of nitrogens with one attached hydrogen (secondary N) is 1. The number of carboxylic acid groups (broad SMARTS) is 1. The van der Waals surface area contributed by atoms with Gasteiger partial charge in [0, 0.05) is 6.54 Å². The molecule has 0 unspecified atom stereocenters. The zero-order chi connectivity index (χ0) is 14.5. The van der Waals surface area contributed by atoms with Gasteiger partial charge in [0.15, 0.2) is 0 Å². The molecule has 0 aliphatic carbocycles. The molecule has 20 heavy (non-hydrogen) atoms. The average molecular weight is 290 g/mol. The SMILES string of the molecule is CCc1ccccc1CNc1cccc(Cl)c1C(=O)O. The maximum absolute atomic E-state index is 11.3. The van der Waals surface area contributed by atoms with E-state index in [0.717, 1.165) is 12.0 Å². The zero-order valence-electron chi connectivity index (χ0n) is 11.2. The lowest BCUT2D eigenvalue weighted by atomic mass is 10.1. The Morgan fingerprint density at radius 1 is 1.15 bits per heavy atom. The van der Waals surface area contributed by atoms with Crippen molar-refractivity contribution >= 4 is 23.3 Å². The van der Waals surface area contributed by atoms with Crippen molar-refractivity contribution in [3.8, 4) is 0 Å². The lowest BCUT2D eigenvalue weighted by Gasteiger charge is -2.13. The molecule has 3 nitrogen and oxygen atoms in total. The first kappa shape index (κ1) is 14.4. The van der Waals surface area contributed by atoms with Gasteiger partial charge in [-0.25, -0.2) is 4.79 Å². The molecule has 0 spiro atoms. The van der Waals surface area contributed by atoms with Crippen LogP contribution in [0.1, 0.15) is 28.4 Å². The van der Waals surface area contributed by atoms with Crippen LogP contribution in [-0.4, -0.2) is 11.1 Å². The van der Waals surface area contributed by atoms with Gasteiger partial charge in [-0.05, 0) is 29.7 Å². The van der Waals surface area contributed by atoms with Crippen molar-refractivity contribution in [3.63, 3.8) is 0 Å². The Morgan fingerprint density at radius 3 is 2.50 bits per heavy atom. The highest BCUT2D eigenvalue weighted by molar-refractivity contribution is 6.34. The third-order valence-corrected chi connectivity index (χ3v) is 3.51. The van der Waals surface area contributed by atoms with E-state index >= 15 is 0 Å². The number of hydrogen-bond donors (Lipinski definition) is 2. The van der Waals surface area contributed by atoms with Crippen molar-refractivity contribution in [2.45, 2.75) is 19.9 Å². The van der Waals surface area contributed by atoms with Gasteiger partial charge in [0.05, 0.1) is 10.7 Å². The first-order valence-corrected chi connectivity index (χ1v) is 6.83. The molecule has 0 aromatic heterocycles. The van der Waals surface area contributed by atoms with Crippen LogP contribution < -0.4 is 5.32 Å². The maximum Gasteiger partial charge on any atom is 0.339 e. The van der Waals surface area contributed by atoms with Crippen molar-refractivity contribution in [1.82, 2.24) is 0 Å². The molecule has 0 saturated heterocycles. The van der Waals surface area contributed by atoms with E-state index in [2.05, 4.69) is 18.3 Å². The molecule has 2 N–H and O–H groups in total. The summed E-state index contributed by atoms with van der Waals surface area (Å²) in [5.74, 6) is -1.03. The second-order valence-corrected chi connectivity index (χ2v) is 4.85. The lowest BCUT2D eigenvalue weighted by molar-refractivity contribution is 0.0698. The largest absolute Gasteiger partial charge is 0.478 e. The summed E-state index contributed by atoms with van der Waals surface area (Å²) < 4.78 is 0. The van der Waals surface area contributed by atoms with E-state index in [4.69, 9.17) is 11.6 Å². The molecule has 2 rings (SSSR count). The third-order valence-electron chi connectivity index (χ3n) is 3.20. The summed E-state index contributed by atoms with van der Waals surface area (Å²) in [6, 6.07) is 13.1. The molecule has 2 aromatic rings. The Kier molecular flexibility index (Phi) is 4.64. The summed E-state index contributed by atoms with van der Waals surface area (Å²) in [5, 5.41) is 12.6. The molecule has 2 aromatic carbocycles. The monoisotopic (exact) mass is 289 g/mol. The minimum atomic E-state index is -1.03. The van der Waals surface area contributed by atoms with Gasteiger partial charge in [-0.3, -0.25) is 0 Å². The van der Waals surface area contributed by atoms with E-state index in [1.54, 1.807) is 18.2 Å². The van der Waals surface area contributed by atoms with Gasteiger partial charge in [-0.15, -0.1) is 0 Å². The Labute approximate surface area is 123 Å². The van der Waals surface area contributed by atoms with Crippen LogP contribution in [0, 0.1) is 0 Å². The number of anilines is 1. The van der Waals surface area contributed by atoms with Crippen LogP contribution in [0.5, 0.6) is 0 Å². The molecule has 0 saturated carbocycles. The van der Waals surface area contributed by atoms with Crippen molar-refractivity contribution in [2.24, 2.45) is 0 Å². The number of carboxylic acids is 1. The molecule has 0 aliphatic rings. The second kappa shape index (κ2) is 6.44. The van der Waals surface area contributed by atoms with Crippen molar-refractivity contribution in [2.75, 3.05) is 5.32 Å². The number of carbonyl (C=O) groups is 1. The lowest BCUT2D eigenvalue weighted by Crippen LogP contribution is -2.08. The molecule has 0 radical (unpaired) electrons. The average Bonchev–Trinajstić information content (AvgIpc) is 2.45. The predicted molar refractivity (Wildman–Crippen MR) is 81.6 cm³/mol. The van der Waals surface area contributed by atoms with Crippen molar-refractivity contribution in [3.05, 3.63) is 64.2 Å². The topological polar surface area (TPSA) is 49.3 Å². The minimum Gasteiger partial charge on any atom is -0.478 e. The van der Waals surface area contributed by atoms with E-state index in [0.29, 0.717) is 12.2 Å². The molecule has 0 fully saturated rings. The van der Waals surface area contributed by atoms with Gasteiger partial charge in [0.25, 0.3) is 0 Å². The van der Waals surface area contributed by atoms with Gasteiger partial charge in [-0.2, -0.15) is 0 Å². The first-order valence-electron chi connectivity index (χ1n) is 6.46. The first-order chi connectivity index (χ1) is 9.63. The summed E-state index contributed by atoms with van der Waals surface area (Å²) in [4.78, 5) is 11.3. The third kappa shape index (κ3) is 3.11. The predicted octanol–water partition coefficient (Wildman–Crippen LogP) is 4.21. The number of hydrogen-bond acceptors (Lipinski definition) is 2. The Balaban J connectivity index is 2.23. The van der Waals surface area contributed by atoms with Crippen molar-refractivity contribution < 1.29 is 9.90 Å². The highest BCUT2D eigenvalue weighted by atomic mass is 35.5. The fourth-order valence-electron chi connectivity index (χ4n) is 2.15. The van der Waals surface area contributed by atoms with Gasteiger partial charge < -0.3 is 10.4 Å². The molecule has 0 bridgehead atoms. The standard InChI is InChI=1S/C16H16ClNO2/c1-2-11-6-3-4-7-12(11)10-18-14-9-5-8-13(17)15(14)16(19)20/h3-9,18H,2,10H2,1H3,(H,19,20). The number of halogens is 1. The van der Waals surface area contributed by atoms with E-state index in [1.165, 1.54) is 5.56 Å². The number of rotatable bonds is 5. The van der Waals surface area contributed by atoms with E-state index in [-0.39, 0.29) is 10.6 Å². The molecule has 0 amide bonds. The normalized spacial score (nSPS) is 10.3. The fourth-order valence-corrected chi connectivity index (χ4v) is 2.41. The number of aryl methyl sites for hydroxylation is 1. The van der Waals surface area contributed by atoms with Gasteiger partial charge in [0.1, 0.15) is 5.56 Å². The molecular formula is C16H16ClNO2. The quantitative estimate of drug-likeness (QED) is 0.867. The van der Waals surface area contributed by atoms with Crippen LogP contribution >= 0.6 is 11.6 Å². The van der Waals surface area contributed by atoms with Crippen LogP contribution in [0.4, 0.5) is 5.69 Å². The summed E-state index contributed by atoms with van der Waals surface area (Å²) in [7, 11) is 0. The summed E-state index contributed by atoms with van der Waals surface area (Å²) in [6.07, 6.45) is 0.944. The molecular weight excluding hydrogens is 274 g/mol. The summed E-state index contributed by atoms with van der Waals surface area (Å²) >= 11 is 5.94. The zero-order valence-corrected chi connectivity index (χ0v) is 11.9. The van der Waals surface area contributed by atoms with Gasteiger partial charge in [0.2, 0.25) is 0 Å². The van der Waals surface area contributed by atoms with Crippen LogP contribution in [0.15, 0.2) is 42.5 Å². The smallest absolute Gasteiger partial charge is 0.339 e. The van der Waals surface area contributed by atoms with E-state index in [1.807, 2.05) is 18.2 Å². The second-order valence-electron chi connectivity index (χ2n) is 4.44. The van der Waals surface area contributed by atoms with E-state index < -0.39 is 5.97 Å². The van der Waals surface area contributed by atoms with Crippen LogP contribution in [-0.2, 0) is 13.0 Å². The number of benzene rings is 2. The Hall–Kier alpha value is -2.00. The minimum absolute atomic E-state index is 0.114. The van der Waals surface area contributed by atoms with Gasteiger partial charge >= 0.3 is 5.97 Å². The Morgan fingerprint density at radius 2 is 1.85 bits per heavy atom. The molecule has 4 heteroatoms. The summed E-state index contributed by atoms with van der Waals surface area (Å²) in [6.45, 7) is 2.67. The molecule has 0 aliphatic heterocycles. The van der Waals surface area contributed by atoms with Crippen LogP contribution in [0.25, 0.3) is 0 Å². The van der Waals surface area contributed by atoms with Crippen molar-refractivity contribution in [1.29, 1.82) is 0 Å². The highest BCUT2D eigenvalue weighted by Gasteiger charge is 2.14. The molecule has 0 heterocycles. The van der Waals surface area contributed by atoms with Crippen LogP contribution in [0.2, 0.25) is 5.02 Å². The Bertz CT molecular complexity index is 626. The number of aromatic carboxylic acids is 1. The molecule has 0 atom stereocenters.